The zero-order chi connectivity index (χ0) is 20.5. The summed E-state index contributed by atoms with van der Waals surface area (Å²) >= 11 is 0. The molecule has 29 heavy (non-hydrogen) atoms. The topological polar surface area (TPSA) is 65.4 Å². The zero-order valence-electron chi connectivity index (χ0n) is 17.2. The van der Waals surface area contributed by atoms with Crippen molar-refractivity contribution in [2.45, 2.75) is 32.7 Å². The molecule has 1 aliphatic heterocycles. The first-order chi connectivity index (χ1) is 14.0. The third-order valence-corrected chi connectivity index (χ3v) is 5.53. The van der Waals surface area contributed by atoms with E-state index in [1.165, 1.54) is 12.7 Å². The first kappa shape index (κ1) is 19.1. The van der Waals surface area contributed by atoms with Gasteiger partial charge in [0.2, 0.25) is 11.7 Å². The second kappa shape index (κ2) is 7.62. The van der Waals surface area contributed by atoms with Crippen molar-refractivity contribution in [3.63, 3.8) is 0 Å². The van der Waals surface area contributed by atoms with Gasteiger partial charge in [-0.1, -0.05) is 30.3 Å². The fourth-order valence-electron chi connectivity index (χ4n) is 4.08. The average Bonchev–Trinajstić information content (AvgIpc) is 3.16. The molecule has 0 amide bonds. The minimum absolute atomic E-state index is 0.0929. The second-order valence-corrected chi connectivity index (χ2v) is 7.32. The van der Waals surface area contributed by atoms with Gasteiger partial charge < -0.3 is 19.4 Å². The molecule has 1 N–H and O–H groups in total. The number of aryl methyl sites for hydroxylation is 2. The van der Waals surface area contributed by atoms with Crippen LogP contribution in [0, 0.1) is 13.8 Å². The maximum atomic E-state index is 12.6. The van der Waals surface area contributed by atoms with Gasteiger partial charge in [-0.25, -0.2) is 0 Å². The molecular formula is C23H25N3O3. The van der Waals surface area contributed by atoms with Crippen LogP contribution in [0.25, 0.3) is 0 Å². The highest BCUT2D eigenvalue weighted by Crippen LogP contribution is 2.38. The highest BCUT2D eigenvalue weighted by atomic mass is 16.5. The number of methoxy groups -OCH3 is 2. The minimum atomic E-state index is -0.349. The van der Waals surface area contributed by atoms with Crippen LogP contribution in [0.15, 0.2) is 47.3 Å². The molecule has 0 saturated heterocycles. The molecule has 0 aliphatic carbocycles. The molecule has 4 rings (SSSR count). The highest BCUT2D eigenvalue weighted by molar-refractivity contribution is 5.63. The Bertz CT molecular complexity index is 1110. The van der Waals surface area contributed by atoms with Gasteiger partial charge in [0.1, 0.15) is 5.75 Å². The van der Waals surface area contributed by atoms with Gasteiger partial charge in [0.25, 0.3) is 0 Å². The normalized spacial score (nSPS) is 15.1. The summed E-state index contributed by atoms with van der Waals surface area (Å²) in [4.78, 5) is 16.9. The fraction of sp³-hybridized carbons (Fsp3) is 0.304. The predicted octanol–water partition coefficient (Wildman–Crippen LogP) is 4.16. The Labute approximate surface area is 170 Å². The van der Waals surface area contributed by atoms with Crippen molar-refractivity contribution >= 4 is 11.6 Å². The standard InChI is InChI=1S/C23H25N3O3/c1-14-13-20(28-3)15(2)12-17(14)24-23-25-22(27)21(29-4)19-11-10-18(26(19)23)16-8-6-5-7-9-16/h5-9,12-13,18H,10-11H2,1-4H3,(H,24,25,27). The van der Waals surface area contributed by atoms with E-state index in [1.54, 1.807) is 7.11 Å². The van der Waals surface area contributed by atoms with E-state index < -0.39 is 0 Å². The lowest BCUT2D eigenvalue weighted by molar-refractivity contribution is 0.398. The van der Waals surface area contributed by atoms with Gasteiger partial charge >= 0.3 is 5.56 Å². The Morgan fingerprint density at radius 1 is 1.07 bits per heavy atom. The lowest BCUT2D eigenvalue weighted by atomic mass is 10.1. The Hall–Kier alpha value is -3.28. The summed E-state index contributed by atoms with van der Waals surface area (Å²) in [6, 6.07) is 14.4. The fourth-order valence-corrected chi connectivity index (χ4v) is 4.08. The molecule has 2 aromatic carbocycles. The van der Waals surface area contributed by atoms with Crippen molar-refractivity contribution in [2.24, 2.45) is 0 Å². The summed E-state index contributed by atoms with van der Waals surface area (Å²) in [6.45, 7) is 4.00. The summed E-state index contributed by atoms with van der Waals surface area (Å²) in [6.07, 6.45) is 1.65. The van der Waals surface area contributed by atoms with Gasteiger partial charge in [0.15, 0.2) is 0 Å². The van der Waals surface area contributed by atoms with Crippen molar-refractivity contribution in [3.8, 4) is 11.5 Å². The molecular weight excluding hydrogens is 366 g/mol. The van der Waals surface area contributed by atoms with Crippen LogP contribution in [0.5, 0.6) is 11.5 Å². The summed E-state index contributed by atoms with van der Waals surface area (Å²) in [7, 11) is 3.19. The molecule has 150 valence electrons. The lowest BCUT2D eigenvalue weighted by Gasteiger charge is -2.22. The van der Waals surface area contributed by atoms with E-state index in [9.17, 15) is 4.79 Å². The van der Waals surface area contributed by atoms with Crippen LogP contribution in [0.3, 0.4) is 0 Å². The number of nitrogens with zero attached hydrogens (tertiary/aromatic N) is 2. The number of benzene rings is 2. The Kier molecular flexibility index (Phi) is 5.01. The van der Waals surface area contributed by atoms with E-state index in [4.69, 9.17) is 9.47 Å². The number of aromatic nitrogens is 2. The third-order valence-electron chi connectivity index (χ3n) is 5.53. The quantitative estimate of drug-likeness (QED) is 0.708. The SMILES string of the molecule is COc1cc(C)c(Nc2nc(=O)c(OC)c3n2C(c2ccccc2)CC3)cc1C. The molecule has 6 nitrogen and oxygen atoms in total. The van der Waals surface area contributed by atoms with Crippen LogP contribution in [0.2, 0.25) is 0 Å². The van der Waals surface area contributed by atoms with Crippen LogP contribution in [-0.2, 0) is 6.42 Å². The number of hydrogen-bond donors (Lipinski definition) is 1. The first-order valence-electron chi connectivity index (χ1n) is 9.70. The molecule has 0 radical (unpaired) electrons. The van der Waals surface area contributed by atoms with Crippen molar-refractivity contribution in [1.82, 2.24) is 9.55 Å². The summed E-state index contributed by atoms with van der Waals surface area (Å²) < 4.78 is 12.9. The number of nitrogens with one attached hydrogen (secondary N) is 1. The molecule has 1 atom stereocenters. The van der Waals surface area contributed by atoms with Gasteiger partial charge in [-0.05, 0) is 55.5 Å². The van der Waals surface area contributed by atoms with Crippen LogP contribution in [0.4, 0.5) is 11.6 Å². The third kappa shape index (κ3) is 3.35. The molecule has 0 fully saturated rings. The van der Waals surface area contributed by atoms with Crippen LogP contribution in [0.1, 0.15) is 34.8 Å². The summed E-state index contributed by atoms with van der Waals surface area (Å²) in [5.74, 6) is 1.70. The Morgan fingerprint density at radius 2 is 1.83 bits per heavy atom. The van der Waals surface area contributed by atoms with Crippen LogP contribution in [-0.4, -0.2) is 23.8 Å². The smallest absolute Gasteiger partial charge is 0.317 e. The lowest BCUT2D eigenvalue weighted by Crippen LogP contribution is -2.22. The van der Waals surface area contributed by atoms with Crippen LogP contribution < -0.4 is 20.3 Å². The van der Waals surface area contributed by atoms with Gasteiger partial charge in [0.05, 0.1) is 26.0 Å². The van der Waals surface area contributed by atoms with Crippen molar-refractivity contribution in [1.29, 1.82) is 0 Å². The second-order valence-electron chi connectivity index (χ2n) is 7.32. The van der Waals surface area contributed by atoms with Crippen molar-refractivity contribution < 1.29 is 9.47 Å². The molecule has 2 heterocycles. The summed E-state index contributed by atoms with van der Waals surface area (Å²) in [5.41, 5.74) is 4.64. The van der Waals surface area contributed by atoms with E-state index in [1.807, 2.05) is 44.2 Å². The molecule has 0 saturated carbocycles. The Balaban J connectivity index is 1.85. The van der Waals surface area contributed by atoms with Gasteiger partial charge in [0, 0.05) is 5.69 Å². The molecule has 1 aliphatic rings. The monoisotopic (exact) mass is 391 g/mol. The van der Waals surface area contributed by atoms with Gasteiger partial charge in [-0.2, -0.15) is 4.98 Å². The summed E-state index contributed by atoms with van der Waals surface area (Å²) in [5, 5.41) is 3.40. The number of rotatable bonds is 5. The minimum Gasteiger partial charge on any atom is -0.496 e. The largest absolute Gasteiger partial charge is 0.496 e. The maximum Gasteiger partial charge on any atom is 0.317 e. The average molecular weight is 391 g/mol. The van der Waals surface area contributed by atoms with E-state index in [0.717, 1.165) is 41.1 Å². The van der Waals surface area contributed by atoms with E-state index in [0.29, 0.717) is 11.7 Å². The maximum absolute atomic E-state index is 12.6. The molecule has 3 aromatic rings. The molecule has 6 heteroatoms. The highest BCUT2D eigenvalue weighted by Gasteiger charge is 2.30. The van der Waals surface area contributed by atoms with E-state index in [2.05, 4.69) is 27.0 Å². The van der Waals surface area contributed by atoms with Crippen LogP contribution >= 0.6 is 0 Å². The van der Waals surface area contributed by atoms with E-state index >= 15 is 0 Å². The van der Waals surface area contributed by atoms with Crippen molar-refractivity contribution in [2.75, 3.05) is 19.5 Å². The first-order valence-corrected chi connectivity index (χ1v) is 9.70. The predicted molar refractivity (Wildman–Crippen MR) is 114 cm³/mol. The van der Waals surface area contributed by atoms with Gasteiger partial charge in [-0.3, -0.25) is 4.79 Å². The molecule has 1 unspecified atom stereocenters. The zero-order valence-corrected chi connectivity index (χ0v) is 17.2. The number of ether oxygens (including phenoxy) is 2. The van der Waals surface area contributed by atoms with Crippen molar-refractivity contribution in [3.05, 3.63) is 75.2 Å². The molecule has 1 aromatic heterocycles. The van der Waals surface area contributed by atoms with Gasteiger partial charge in [-0.15, -0.1) is 0 Å². The van der Waals surface area contributed by atoms with E-state index in [-0.39, 0.29) is 11.6 Å². The number of fused-ring (bicyclic) bond motifs is 1. The molecule has 0 spiro atoms. The Morgan fingerprint density at radius 3 is 2.52 bits per heavy atom. The number of hydrogen-bond acceptors (Lipinski definition) is 5. The molecule has 0 bridgehead atoms. The number of anilines is 2.